The lowest BCUT2D eigenvalue weighted by atomic mass is 10.1. The van der Waals surface area contributed by atoms with Gasteiger partial charge in [-0.3, -0.25) is 4.79 Å². The van der Waals surface area contributed by atoms with E-state index >= 15 is 0 Å². The Balaban J connectivity index is 2.51. The van der Waals surface area contributed by atoms with E-state index in [0.717, 1.165) is 20.5 Å². The third-order valence-corrected chi connectivity index (χ3v) is 3.92. The van der Waals surface area contributed by atoms with Crippen LogP contribution in [0.15, 0.2) is 30.0 Å². The van der Waals surface area contributed by atoms with Gasteiger partial charge in [0, 0.05) is 16.5 Å². The summed E-state index contributed by atoms with van der Waals surface area (Å²) in [4.78, 5) is 22.9. The first kappa shape index (κ1) is 13.3. The molecule has 5 heteroatoms. The Hall–Kier alpha value is -2.14. The Bertz CT molecular complexity index is 685. The first-order valence-electron chi connectivity index (χ1n) is 5.69. The summed E-state index contributed by atoms with van der Waals surface area (Å²) < 4.78 is 1.10. The number of carboxylic acids is 1. The number of thiophene rings is 1. The van der Waals surface area contributed by atoms with Crippen molar-refractivity contribution in [2.24, 2.45) is 0 Å². The Kier molecular flexibility index (Phi) is 3.66. The molecular formula is C14H13NO3S. The molecule has 0 fully saturated rings. The monoisotopic (exact) mass is 275 g/mol. The molecule has 0 aliphatic heterocycles. The van der Waals surface area contributed by atoms with Crippen molar-refractivity contribution in [2.45, 2.75) is 13.8 Å². The van der Waals surface area contributed by atoms with Gasteiger partial charge in [0.1, 0.15) is 5.70 Å². The number of fused-ring (bicyclic) bond motifs is 1. The molecular weight excluding hydrogens is 262 g/mol. The molecule has 0 radical (unpaired) electrons. The van der Waals surface area contributed by atoms with Crippen molar-refractivity contribution < 1.29 is 14.7 Å². The van der Waals surface area contributed by atoms with Crippen LogP contribution in [0.4, 0.5) is 0 Å². The van der Waals surface area contributed by atoms with E-state index in [2.05, 4.69) is 5.32 Å². The lowest BCUT2D eigenvalue weighted by Gasteiger charge is -2.02. The van der Waals surface area contributed by atoms with Crippen LogP contribution >= 0.6 is 11.3 Å². The lowest BCUT2D eigenvalue weighted by Crippen LogP contribution is -2.24. The quantitative estimate of drug-likeness (QED) is 0.846. The van der Waals surface area contributed by atoms with E-state index in [-0.39, 0.29) is 5.70 Å². The van der Waals surface area contributed by atoms with Gasteiger partial charge in [-0.25, -0.2) is 4.79 Å². The topological polar surface area (TPSA) is 66.4 Å². The van der Waals surface area contributed by atoms with Crippen LogP contribution < -0.4 is 5.32 Å². The highest BCUT2D eigenvalue weighted by molar-refractivity contribution is 7.20. The van der Waals surface area contributed by atoms with Gasteiger partial charge in [-0.1, -0.05) is 18.2 Å². The minimum absolute atomic E-state index is 0.109. The number of carbonyl (C=O) groups is 2. The van der Waals surface area contributed by atoms with Crippen molar-refractivity contribution in [2.75, 3.05) is 0 Å². The standard InChI is InChI=1S/C14H13NO3S/c1-8-10-5-3-4-6-12(10)19-13(8)7-11(14(17)18)15-9(2)16/h3-7H,1-2H3,(H,15,16)(H,17,18)/b11-7-. The predicted octanol–water partition coefficient (Wildman–Crippen LogP) is 2.77. The van der Waals surface area contributed by atoms with Gasteiger partial charge in [0.05, 0.1) is 0 Å². The molecule has 2 aromatic rings. The molecule has 19 heavy (non-hydrogen) atoms. The van der Waals surface area contributed by atoms with E-state index in [1.807, 2.05) is 31.2 Å². The normalized spacial score (nSPS) is 11.6. The van der Waals surface area contributed by atoms with Crippen LogP contribution in [-0.2, 0) is 9.59 Å². The number of nitrogens with one attached hydrogen (secondary N) is 1. The van der Waals surface area contributed by atoms with E-state index in [4.69, 9.17) is 5.11 Å². The van der Waals surface area contributed by atoms with Crippen LogP contribution in [0.5, 0.6) is 0 Å². The average Bonchev–Trinajstić information content (AvgIpc) is 2.65. The minimum atomic E-state index is -1.15. The third kappa shape index (κ3) is 2.82. The average molecular weight is 275 g/mol. The minimum Gasteiger partial charge on any atom is -0.477 e. The third-order valence-electron chi connectivity index (χ3n) is 2.70. The molecule has 4 nitrogen and oxygen atoms in total. The molecule has 0 spiro atoms. The van der Waals surface area contributed by atoms with Gasteiger partial charge >= 0.3 is 5.97 Å². The summed E-state index contributed by atoms with van der Waals surface area (Å²) in [6, 6.07) is 7.87. The molecule has 0 bridgehead atoms. The first-order valence-corrected chi connectivity index (χ1v) is 6.51. The lowest BCUT2D eigenvalue weighted by molar-refractivity contribution is -0.134. The van der Waals surface area contributed by atoms with Crippen LogP contribution in [0.3, 0.4) is 0 Å². The number of carbonyl (C=O) groups excluding carboxylic acids is 1. The molecule has 1 aromatic heterocycles. The molecule has 0 unspecified atom stereocenters. The molecule has 98 valence electrons. The smallest absolute Gasteiger partial charge is 0.352 e. The van der Waals surface area contributed by atoms with Gasteiger partial charge in [-0.05, 0) is 30.0 Å². The number of carboxylic acid groups (broad SMARTS) is 1. The van der Waals surface area contributed by atoms with E-state index in [0.29, 0.717) is 0 Å². The largest absolute Gasteiger partial charge is 0.477 e. The maximum absolute atomic E-state index is 11.1. The molecule has 1 aromatic carbocycles. The van der Waals surface area contributed by atoms with E-state index in [1.165, 1.54) is 24.3 Å². The van der Waals surface area contributed by atoms with E-state index in [1.54, 1.807) is 0 Å². The summed E-state index contributed by atoms with van der Waals surface area (Å²) in [6.45, 7) is 3.23. The van der Waals surface area contributed by atoms with Gasteiger partial charge in [0.25, 0.3) is 0 Å². The second-order valence-corrected chi connectivity index (χ2v) is 5.22. The van der Waals surface area contributed by atoms with Gasteiger partial charge in [0.2, 0.25) is 5.91 Å². The Morgan fingerprint density at radius 1 is 1.32 bits per heavy atom. The highest BCUT2D eigenvalue weighted by Crippen LogP contribution is 2.31. The van der Waals surface area contributed by atoms with E-state index in [9.17, 15) is 9.59 Å². The van der Waals surface area contributed by atoms with Crippen LogP contribution in [0, 0.1) is 6.92 Å². The highest BCUT2D eigenvalue weighted by atomic mass is 32.1. The number of rotatable bonds is 3. The Morgan fingerprint density at radius 3 is 2.58 bits per heavy atom. The molecule has 0 atom stereocenters. The summed E-state index contributed by atoms with van der Waals surface area (Å²) in [7, 11) is 0. The fraction of sp³-hybridized carbons (Fsp3) is 0.143. The fourth-order valence-corrected chi connectivity index (χ4v) is 2.96. The van der Waals surface area contributed by atoms with Crippen molar-refractivity contribution in [3.8, 4) is 0 Å². The van der Waals surface area contributed by atoms with Gasteiger partial charge in [-0.2, -0.15) is 0 Å². The second-order valence-electron chi connectivity index (χ2n) is 4.13. The van der Waals surface area contributed by atoms with Crippen molar-refractivity contribution in [3.63, 3.8) is 0 Å². The van der Waals surface area contributed by atoms with Crippen LogP contribution in [0.25, 0.3) is 16.2 Å². The maximum Gasteiger partial charge on any atom is 0.352 e. The molecule has 0 saturated carbocycles. The SMILES string of the molecule is CC(=O)N/C(=C\c1sc2ccccc2c1C)C(=O)O. The number of hydrogen-bond acceptors (Lipinski definition) is 3. The van der Waals surface area contributed by atoms with Crippen LogP contribution in [0.2, 0.25) is 0 Å². The zero-order valence-corrected chi connectivity index (χ0v) is 11.4. The highest BCUT2D eigenvalue weighted by Gasteiger charge is 2.12. The zero-order valence-electron chi connectivity index (χ0n) is 10.6. The summed E-state index contributed by atoms with van der Waals surface area (Å²) in [5.41, 5.74) is 0.909. The number of aliphatic carboxylic acids is 1. The van der Waals surface area contributed by atoms with Crippen molar-refractivity contribution in [1.29, 1.82) is 0 Å². The molecule has 1 amide bonds. The predicted molar refractivity (Wildman–Crippen MR) is 76.0 cm³/mol. The zero-order chi connectivity index (χ0) is 14.0. The number of hydrogen-bond donors (Lipinski definition) is 2. The van der Waals surface area contributed by atoms with Gasteiger partial charge < -0.3 is 10.4 Å². The summed E-state index contributed by atoms with van der Waals surface area (Å²) in [5.74, 6) is -1.54. The maximum atomic E-state index is 11.1. The van der Waals surface area contributed by atoms with Gasteiger partial charge in [-0.15, -0.1) is 11.3 Å². The number of amides is 1. The number of benzene rings is 1. The second kappa shape index (κ2) is 5.24. The first-order chi connectivity index (χ1) is 8.99. The Morgan fingerprint density at radius 2 is 2.00 bits per heavy atom. The summed E-state index contributed by atoms with van der Waals surface area (Å²) >= 11 is 1.51. The van der Waals surface area contributed by atoms with E-state index < -0.39 is 11.9 Å². The molecule has 0 aliphatic carbocycles. The van der Waals surface area contributed by atoms with Crippen LogP contribution in [0.1, 0.15) is 17.4 Å². The molecule has 2 rings (SSSR count). The fourth-order valence-electron chi connectivity index (χ4n) is 1.80. The molecule has 1 heterocycles. The summed E-state index contributed by atoms with van der Waals surface area (Å²) in [6.07, 6.45) is 1.50. The van der Waals surface area contributed by atoms with Crippen molar-refractivity contribution in [1.82, 2.24) is 5.32 Å². The summed E-state index contributed by atoms with van der Waals surface area (Å²) in [5, 5.41) is 12.5. The molecule has 0 aliphatic rings. The molecule has 2 N–H and O–H groups in total. The molecule has 0 saturated heterocycles. The van der Waals surface area contributed by atoms with Gasteiger partial charge in [0.15, 0.2) is 0 Å². The number of aryl methyl sites for hydroxylation is 1. The van der Waals surface area contributed by atoms with Crippen LogP contribution in [-0.4, -0.2) is 17.0 Å². The Labute approximate surface area is 114 Å². The van der Waals surface area contributed by atoms with Crippen molar-refractivity contribution >= 4 is 39.4 Å². The van der Waals surface area contributed by atoms with Crippen molar-refractivity contribution in [3.05, 3.63) is 40.4 Å².